The lowest BCUT2D eigenvalue weighted by atomic mass is 10.0. The Balaban J connectivity index is 1.49. The van der Waals surface area contributed by atoms with E-state index in [2.05, 4.69) is 39.0 Å². The van der Waals surface area contributed by atoms with E-state index in [1.54, 1.807) is 17.2 Å². The van der Waals surface area contributed by atoms with Crippen LogP contribution < -0.4 is 10.2 Å². The van der Waals surface area contributed by atoms with E-state index < -0.39 is 0 Å². The van der Waals surface area contributed by atoms with Crippen molar-refractivity contribution in [1.29, 1.82) is 0 Å². The number of carbonyl (C=O) groups is 1. The fourth-order valence-electron chi connectivity index (χ4n) is 3.45. The van der Waals surface area contributed by atoms with E-state index in [4.69, 9.17) is 0 Å². The third-order valence-electron chi connectivity index (χ3n) is 4.96. The summed E-state index contributed by atoms with van der Waals surface area (Å²) in [4.78, 5) is 27.9. The van der Waals surface area contributed by atoms with Crippen LogP contribution in [0.4, 0.5) is 11.5 Å². The summed E-state index contributed by atoms with van der Waals surface area (Å²) in [6, 6.07) is 7.96. The van der Waals surface area contributed by atoms with Crippen LogP contribution in [0.5, 0.6) is 0 Å². The van der Waals surface area contributed by atoms with Crippen molar-refractivity contribution in [3.8, 4) is 0 Å². The van der Waals surface area contributed by atoms with Gasteiger partial charge in [-0.25, -0.2) is 15.0 Å². The summed E-state index contributed by atoms with van der Waals surface area (Å²) in [5, 5.41) is 2.94. The van der Waals surface area contributed by atoms with Gasteiger partial charge in [-0.3, -0.25) is 4.79 Å². The lowest BCUT2D eigenvalue weighted by Crippen LogP contribution is -2.20. The highest BCUT2D eigenvalue weighted by atomic mass is 16.1. The highest BCUT2D eigenvalue weighted by Gasteiger charge is 2.19. The molecule has 2 aromatic heterocycles. The second-order valence-corrected chi connectivity index (χ2v) is 7.26. The molecule has 140 valence electrons. The summed E-state index contributed by atoms with van der Waals surface area (Å²) in [6.07, 6.45) is 5.56. The summed E-state index contributed by atoms with van der Waals surface area (Å²) in [7, 11) is 0. The van der Waals surface area contributed by atoms with Gasteiger partial charge in [0.05, 0.1) is 6.33 Å². The Hall–Kier alpha value is -2.96. The Kier molecular flexibility index (Phi) is 4.75. The molecule has 0 radical (unpaired) electrons. The quantitative estimate of drug-likeness (QED) is 0.752. The van der Waals surface area contributed by atoms with Gasteiger partial charge < -0.3 is 14.8 Å². The standard InChI is InChI=1S/C20H24N6O/c1-14(2)15-5-7-16(8-6-15)24-17(27)11-26-13-23-18-19(21-12-22-20(18)26)25-9-3-4-10-25/h5-8,12-14H,3-4,9-11H2,1-2H3,(H,24,27). The largest absolute Gasteiger partial charge is 0.355 e. The maximum Gasteiger partial charge on any atom is 0.244 e. The Bertz CT molecular complexity index is 941. The summed E-state index contributed by atoms with van der Waals surface area (Å²) in [5.74, 6) is 1.23. The van der Waals surface area contributed by atoms with E-state index in [1.165, 1.54) is 18.4 Å². The van der Waals surface area contributed by atoms with Crippen molar-refractivity contribution < 1.29 is 4.79 Å². The summed E-state index contributed by atoms with van der Waals surface area (Å²) in [5.41, 5.74) is 3.49. The SMILES string of the molecule is CC(C)c1ccc(NC(=O)Cn2cnc3c(N4CCCC4)ncnc32)cc1. The molecule has 1 aliphatic rings. The van der Waals surface area contributed by atoms with E-state index in [0.717, 1.165) is 30.1 Å². The number of aromatic nitrogens is 4. The molecule has 0 aliphatic carbocycles. The number of nitrogens with one attached hydrogen (secondary N) is 1. The number of imidazole rings is 1. The first-order chi connectivity index (χ1) is 13.1. The monoisotopic (exact) mass is 364 g/mol. The molecule has 27 heavy (non-hydrogen) atoms. The Morgan fingerprint density at radius 1 is 1.11 bits per heavy atom. The molecule has 1 saturated heterocycles. The van der Waals surface area contributed by atoms with Gasteiger partial charge in [-0.05, 0) is 36.5 Å². The van der Waals surface area contributed by atoms with Crippen LogP contribution >= 0.6 is 0 Å². The lowest BCUT2D eigenvalue weighted by Gasteiger charge is -2.16. The summed E-state index contributed by atoms with van der Waals surface area (Å²) >= 11 is 0. The average Bonchev–Trinajstić information content (AvgIpc) is 3.32. The normalized spacial score (nSPS) is 14.3. The number of rotatable bonds is 5. The van der Waals surface area contributed by atoms with Gasteiger partial charge in [-0.2, -0.15) is 0 Å². The fourth-order valence-corrected chi connectivity index (χ4v) is 3.45. The second kappa shape index (κ2) is 7.34. The van der Waals surface area contributed by atoms with Crippen molar-refractivity contribution in [1.82, 2.24) is 19.5 Å². The van der Waals surface area contributed by atoms with Gasteiger partial charge in [0.1, 0.15) is 12.9 Å². The van der Waals surface area contributed by atoms with Gasteiger partial charge in [0.2, 0.25) is 5.91 Å². The lowest BCUT2D eigenvalue weighted by molar-refractivity contribution is -0.116. The molecule has 1 aliphatic heterocycles. The van der Waals surface area contributed by atoms with Crippen LogP contribution in [0.3, 0.4) is 0 Å². The molecule has 0 atom stereocenters. The van der Waals surface area contributed by atoms with E-state index in [-0.39, 0.29) is 12.5 Å². The summed E-state index contributed by atoms with van der Waals surface area (Å²) in [6.45, 7) is 6.45. The number of benzene rings is 1. The smallest absolute Gasteiger partial charge is 0.244 e. The van der Waals surface area contributed by atoms with Crippen molar-refractivity contribution in [2.24, 2.45) is 0 Å². The zero-order chi connectivity index (χ0) is 18.8. The topological polar surface area (TPSA) is 75.9 Å². The highest BCUT2D eigenvalue weighted by molar-refractivity contribution is 5.92. The minimum atomic E-state index is -0.104. The van der Waals surface area contributed by atoms with E-state index in [0.29, 0.717) is 11.6 Å². The maximum absolute atomic E-state index is 12.5. The van der Waals surface area contributed by atoms with Crippen molar-refractivity contribution >= 4 is 28.6 Å². The van der Waals surface area contributed by atoms with Gasteiger partial charge in [0.25, 0.3) is 0 Å². The molecule has 7 heteroatoms. The van der Waals surface area contributed by atoms with E-state index in [9.17, 15) is 4.79 Å². The second-order valence-electron chi connectivity index (χ2n) is 7.26. The third kappa shape index (κ3) is 3.63. The number of hydrogen-bond donors (Lipinski definition) is 1. The first-order valence-electron chi connectivity index (χ1n) is 9.42. The fraction of sp³-hybridized carbons (Fsp3) is 0.400. The molecule has 0 saturated carbocycles. The van der Waals surface area contributed by atoms with Crippen LogP contribution in [-0.4, -0.2) is 38.5 Å². The predicted molar refractivity (Wildman–Crippen MR) is 106 cm³/mol. The van der Waals surface area contributed by atoms with E-state index >= 15 is 0 Å². The van der Waals surface area contributed by atoms with Crippen LogP contribution in [0.25, 0.3) is 11.2 Å². The number of hydrogen-bond acceptors (Lipinski definition) is 5. The van der Waals surface area contributed by atoms with Gasteiger partial charge >= 0.3 is 0 Å². The first kappa shape index (κ1) is 17.5. The van der Waals surface area contributed by atoms with Crippen LogP contribution in [0.15, 0.2) is 36.9 Å². The number of anilines is 2. The molecule has 7 nitrogen and oxygen atoms in total. The molecule has 0 spiro atoms. The number of fused-ring (bicyclic) bond motifs is 1. The summed E-state index contributed by atoms with van der Waals surface area (Å²) < 4.78 is 1.77. The molecule has 0 unspecified atom stereocenters. The van der Waals surface area contributed by atoms with Crippen molar-refractivity contribution in [3.05, 3.63) is 42.5 Å². The van der Waals surface area contributed by atoms with Crippen molar-refractivity contribution in [2.45, 2.75) is 39.2 Å². The third-order valence-corrected chi connectivity index (χ3v) is 4.96. The zero-order valence-corrected chi connectivity index (χ0v) is 15.7. The van der Waals surface area contributed by atoms with Crippen LogP contribution in [0.2, 0.25) is 0 Å². The molecule has 1 N–H and O–H groups in total. The molecule has 1 amide bonds. The maximum atomic E-state index is 12.5. The Morgan fingerprint density at radius 3 is 2.56 bits per heavy atom. The van der Waals surface area contributed by atoms with Gasteiger partial charge in [0.15, 0.2) is 17.0 Å². The molecular weight excluding hydrogens is 340 g/mol. The van der Waals surface area contributed by atoms with E-state index in [1.807, 2.05) is 24.3 Å². The Labute approximate surface area is 158 Å². The van der Waals surface area contributed by atoms with Gasteiger partial charge in [0, 0.05) is 18.8 Å². The Morgan fingerprint density at radius 2 is 1.85 bits per heavy atom. The molecule has 1 fully saturated rings. The molecular formula is C20H24N6O. The number of nitrogens with zero attached hydrogens (tertiary/aromatic N) is 5. The molecule has 0 bridgehead atoms. The first-order valence-corrected chi connectivity index (χ1v) is 9.42. The minimum Gasteiger partial charge on any atom is -0.355 e. The van der Waals surface area contributed by atoms with Crippen LogP contribution in [-0.2, 0) is 11.3 Å². The molecule has 1 aromatic carbocycles. The molecule has 3 aromatic rings. The molecule has 4 rings (SSSR count). The predicted octanol–water partition coefficient (Wildman–Crippen LogP) is 3.19. The van der Waals surface area contributed by atoms with Crippen LogP contribution in [0, 0.1) is 0 Å². The minimum absolute atomic E-state index is 0.104. The van der Waals surface area contributed by atoms with Crippen LogP contribution in [0.1, 0.15) is 38.2 Å². The average molecular weight is 364 g/mol. The van der Waals surface area contributed by atoms with Gasteiger partial charge in [-0.15, -0.1) is 0 Å². The van der Waals surface area contributed by atoms with Crippen molar-refractivity contribution in [2.75, 3.05) is 23.3 Å². The van der Waals surface area contributed by atoms with Gasteiger partial charge in [-0.1, -0.05) is 26.0 Å². The highest BCUT2D eigenvalue weighted by Crippen LogP contribution is 2.24. The number of amides is 1. The molecule has 3 heterocycles. The number of carbonyl (C=O) groups excluding carboxylic acids is 1. The zero-order valence-electron chi connectivity index (χ0n) is 15.7. The van der Waals surface area contributed by atoms with Crippen molar-refractivity contribution in [3.63, 3.8) is 0 Å².